The summed E-state index contributed by atoms with van der Waals surface area (Å²) in [4.78, 5) is 38.2. The summed E-state index contributed by atoms with van der Waals surface area (Å²) in [5.74, 6) is -1.99. The number of carbonyl (C=O) groups is 3. The number of anilines is 1. The van der Waals surface area contributed by atoms with Crippen LogP contribution in [0.2, 0.25) is 0 Å². The first-order valence-electron chi connectivity index (χ1n) is 15.7. The van der Waals surface area contributed by atoms with Gasteiger partial charge in [0, 0.05) is 28.9 Å². The fourth-order valence-corrected chi connectivity index (χ4v) is 9.03. The van der Waals surface area contributed by atoms with Crippen molar-refractivity contribution in [1.82, 2.24) is 0 Å². The Morgan fingerprint density at radius 3 is 2.55 bits per heavy atom. The first-order chi connectivity index (χ1) is 20.8. The van der Waals surface area contributed by atoms with Crippen LogP contribution in [0.3, 0.4) is 0 Å². The van der Waals surface area contributed by atoms with Gasteiger partial charge in [0.15, 0.2) is 23.3 Å². The minimum absolute atomic E-state index is 0.0552. The maximum Gasteiger partial charge on any atom is 0.224 e. The summed E-state index contributed by atoms with van der Waals surface area (Å²) >= 11 is 0. The second-order valence-electron chi connectivity index (χ2n) is 13.4. The van der Waals surface area contributed by atoms with Crippen LogP contribution in [-0.2, 0) is 23.9 Å². The van der Waals surface area contributed by atoms with Crippen LogP contribution in [0.25, 0.3) is 0 Å². The molecular weight excluding hydrogens is 572 g/mol. The van der Waals surface area contributed by atoms with Crippen molar-refractivity contribution < 1.29 is 42.5 Å². The predicted octanol–water partition coefficient (Wildman–Crippen LogP) is 5.19. The summed E-state index contributed by atoms with van der Waals surface area (Å²) < 4.78 is 52.3. The van der Waals surface area contributed by atoms with Gasteiger partial charge in [-0.2, -0.15) is 0 Å². The van der Waals surface area contributed by atoms with E-state index < -0.39 is 64.4 Å². The highest BCUT2D eigenvalue weighted by atomic mass is 19.1. The first-order valence-corrected chi connectivity index (χ1v) is 15.7. The molecule has 1 aromatic rings. The highest BCUT2D eigenvalue weighted by Crippen LogP contribution is 2.72. The lowest BCUT2D eigenvalue weighted by atomic mass is 9.44. The van der Waals surface area contributed by atoms with Crippen molar-refractivity contribution in [1.29, 1.82) is 0 Å². The van der Waals surface area contributed by atoms with Crippen LogP contribution in [0.15, 0.2) is 48.1 Å². The summed E-state index contributed by atoms with van der Waals surface area (Å²) in [5, 5.41) is 14.5. The van der Waals surface area contributed by atoms with E-state index in [0.717, 1.165) is 6.42 Å². The molecule has 0 radical (unpaired) electrons. The van der Waals surface area contributed by atoms with Crippen molar-refractivity contribution in [2.24, 2.45) is 22.7 Å². The largest absolute Gasteiger partial charge is 0.486 e. The first kappa shape index (κ1) is 31.0. The third-order valence-corrected chi connectivity index (χ3v) is 11.2. The zero-order chi connectivity index (χ0) is 31.7. The van der Waals surface area contributed by atoms with Crippen LogP contribution in [0, 0.1) is 22.7 Å². The Hall–Kier alpha value is -2.95. The molecule has 3 saturated carbocycles. The fourth-order valence-electron chi connectivity index (χ4n) is 9.03. The number of hydrogen-bond acceptors (Lipinski definition) is 7. The van der Waals surface area contributed by atoms with E-state index in [1.807, 2.05) is 13.8 Å². The monoisotopic (exact) mass is 613 g/mol. The summed E-state index contributed by atoms with van der Waals surface area (Å²) in [6.45, 7) is 6.77. The lowest BCUT2D eigenvalue weighted by Gasteiger charge is -2.63. The minimum atomic E-state index is -2.26. The maximum atomic E-state index is 17.6. The molecule has 10 atom stereocenters. The van der Waals surface area contributed by atoms with Crippen molar-refractivity contribution in [2.45, 2.75) is 102 Å². The van der Waals surface area contributed by atoms with Crippen LogP contribution in [0.5, 0.6) is 5.75 Å². The van der Waals surface area contributed by atoms with Gasteiger partial charge in [0.1, 0.15) is 18.5 Å². The number of amides is 1. The SMILES string of the molecule is CCC[C@@H]1O[C@@H]2CC3[C@@H]4C[C@H](F)C5=CC(=O)C=C[C@]5(C)[C@@]4(F)[C@@H](O)C[C@]3(C)[C@]2(C(=O)COc2ccc(NC(=O)CC)cc2)O1. The third kappa shape index (κ3) is 4.27. The van der Waals surface area contributed by atoms with Gasteiger partial charge in [0.05, 0.1) is 12.2 Å². The number of alkyl halides is 2. The zero-order valence-corrected chi connectivity index (χ0v) is 25.6. The van der Waals surface area contributed by atoms with Crippen molar-refractivity contribution in [3.63, 3.8) is 0 Å². The van der Waals surface area contributed by atoms with Crippen molar-refractivity contribution >= 4 is 23.2 Å². The number of benzene rings is 1. The molecule has 4 aliphatic carbocycles. The molecule has 44 heavy (non-hydrogen) atoms. The molecule has 5 aliphatic rings. The second kappa shape index (κ2) is 10.8. The quantitative estimate of drug-likeness (QED) is 0.415. The number of halogens is 2. The molecule has 0 spiro atoms. The van der Waals surface area contributed by atoms with E-state index in [2.05, 4.69) is 5.32 Å². The van der Waals surface area contributed by atoms with Gasteiger partial charge in [-0.05, 0) is 80.5 Å². The minimum Gasteiger partial charge on any atom is -0.486 e. The molecule has 8 nitrogen and oxygen atoms in total. The average Bonchev–Trinajstić information content (AvgIpc) is 3.47. The van der Waals surface area contributed by atoms with Crippen molar-refractivity contribution in [3.8, 4) is 5.75 Å². The van der Waals surface area contributed by atoms with Gasteiger partial charge in [-0.3, -0.25) is 14.4 Å². The number of nitrogens with one attached hydrogen (secondary N) is 1. The van der Waals surface area contributed by atoms with Crippen LogP contribution in [0.1, 0.15) is 66.2 Å². The molecule has 238 valence electrons. The Balaban J connectivity index is 1.32. The normalized spacial score (nSPS) is 42.1. The van der Waals surface area contributed by atoms with E-state index in [-0.39, 0.29) is 43.1 Å². The number of allylic oxidation sites excluding steroid dienone is 4. The Morgan fingerprint density at radius 1 is 1.14 bits per heavy atom. The molecule has 10 heteroatoms. The predicted molar refractivity (Wildman–Crippen MR) is 157 cm³/mol. The van der Waals surface area contributed by atoms with Gasteiger partial charge in [0.2, 0.25) is 11.7 Å². The number of Topliss-reactive ketones (excluding diaryl/α,β-unsaturated/α-hetero) is 1. The van der Waals surface area contributed by atoms with Gasteiger partial charge in [-0.1, -0.05) is 33.3 Å². The summed E-state index contributed by atoms with van der Waals surface area (Å²) in [7, 11) is 0. The number of carbonyl (C=O) groups excluding carboxylic acids is 3. The summed E-state index contributed by atoms with van der Waals surface area (Å²) in [6.07, 6.45) is 0.891. The third-order valence-electron chi connectivity index (χ3n) is 11.2. The van der Waals surface area contributed by atoms with E-state index in [0.29, 0.717) is 24.3 Å². The standard InChI is InChI=1S/C34H41F2NO7/c1-5-7-30-43-28-16-22-23-15-25(35)24-14-20(38)12-13-31(24,3)33(23,36)26(39)17-32(22,4)34(28,44-30)27(40)18-42-21-10-8-19(9-11-21)37-29(41)6-2/h8-14,22-23,25-26,28,30,39H,5-7,15-18H2,1-4H3,(H,37,41)/t22?,23-,25-,26-,28+,30+,31-,32-,33-,34+/m0/s1. The Kier molecular flexibility index (Phi) is 7.65. The molecule has 4 fully saturated rings. The average molecular weight is 614 g/mol. The van der Waals surface area contributed by atoms with E-state index in [1.165, 1.54) is 18.2 Å². The van der Waals surface area contributed by atoms with Gasteiger partial charge in [-0.15, -0.1) is 0 Å². The van der Waals surface area contributed by atoms with E-state index in [1.54, 1.807) is 38.1 Å². The molecular formula is C34H41F2NO7. The molecule has 1 amide bonds. The van der Waals surface area contributed by atoms with E-state index in [9.17, 15) is 19.5 Å². The molecule has 1 aliphatic heterocycles. The smallest absolute Gasteiger partial charge is 0.224 e. The van der Waals surface area contributed by atoms with Crippen LogP contribution < -0.4 is 10.1 Å². The van der Waals surface area contributed by atoms with Crippen LogP contribution >= 0.6 is 0 Å². The lowest BCUT2D eigenvalue weighted by Crippen LogP contribution is -2.71. The number of ether oxygens (including phenoxy) is 3. The van der Waals surface area contributed by atoms with E-state index in [4.69, 9.17) is 14.2 Å². The molecule has 6 rings (SSSR count). The molecule has 0 bridgehead atoms. The van der Waals surface area contributed by atoms with Gasteiger partial charge < -0.3 is 24.6 Å². The Labute approximate surface area is 256 Å². The van der Waals surface area contributed by atoms with Crippen LogP contribution in [-0.4, -0.2) is 65.1 Å². The Morgan fingerprint density at radius 2 is 1.86 bits per heavy atom. The highest BCUT2D eigenvalue weighted by Gasteiger charge is 2.80. The number of hydrogen-bond donors (Lipinski definition) is 2. The fraction of sp³-hybridized carbons (Fsp3) is 0.618. The van der Waals surface area contributed by atoms with E-state index >= 15 is 8.78 Å². The van der Waals surface area contributed by atoms with Gasteiger partial charge in [-0.25, -0.2) is 8.78 Å². The summed E-state index contributed by atoms with van der Waals surface area (Å²) in [5.41, 5.74) is -5.74. The molecule has 1 aromatic carbocycles. The van der Waals surface area contributed by atoms with Gasteiger partial charge >= 0.3 is 0 Å². The molecule has 0 aromatic heterocycles. The second-order valence-corrected chi connectivity index (χ2v) is 13.4. The number of rotatable bonds is 8. The Bertz CT molecular complexity index is 1410. The van der Waals surface area contributed by atoms with Crippen molar-refractivity contribution in [2.75, 3.05) is 11.9 Å². The number of aliphatic hydroxyl groups is 1. The highest BCUT2D eigenvalue weighted by molar-refractivity contribution is 6.01. The molecule has 1 heterocycles. The summed E-state index contributed by atoms with van der Waals surface area (Å²) in [6, 6.07) is 6.66. The zero-order valence-electron chi connectivity index (χ0n) is 25.6. The molecule has 2 N–H and O–H groups in total. The molecule has 1 saturated heterocycles. The lowest BCUT2D eigenvalue weighted by molar-refractivity contribution is -0.234. The number of ketones is 2. The topological polar surface area (TPSA) is 111 Å². The maximum absolute atomic E-state index is 17.6. The molecule has 1 unspecified atom stereocenters. The number of fused-ring (bicyclic) bond motifs is 7. The van der Waals surface area contributed by atoms with Crippen LogP contribution in [0.4, 0.5) is 14.5 Å². The number of aliphatic hydroxyl groups excluding tert-OH is 1. The van der Waals surface area contributed by atoms with Crippen molar-refractivity contribution in [3.05, 3.63) is 48.1 Å². The van der Waals surface area contributed by atoms with Gasteiger partial charge in [0.25, 0.3) is 0 Å².